The molecule has 0 unspecified atom stereocenters. The molecule has 4 aliphatic heterocycles. The molecule has 1 aromatic heterocycles. The van der Waals surface area contributed by atoms with Gasteiger partial charge >= 0.3 is 0 Å². The number of aromatic nitrogens is 2. The van der Waals surface area contributed by atoms with E-state index < -0.39 is 12.2 Å². The lowest BCUT2D eigenvalue weighted by molar-refractivity contribution is -0.125. The van der Waals surface area contributed by atoms with Crippen LogP contribution in [0.5, 0.6) is 0 Å². The lowest BCUT2D eigenvalue weighted by Crippen LogP contribution is -2.53. The molecule has 37 heavy (non-hydrogen) atoms. The van der Waals surface area contributed by atoms with Crippen molar-refractivity contribution in [1.29, 1.82) is 0 Å². The topological polar surface area (TPSA) is 104 Å². The van der Waals surface area contributed by atoms with E-state index in [1.165, 1.54) is 25.7 Å². The number of nitrogens with one attached hydrogen (secondary N) is 3. The van der Waals surface area contributed by atoms with Gasteiger partial charge in [-0.2, -0.15) is 10.1 Å². The molecule has 6 aliphatic rings. The number of amidine groups is 1. The van der Waals surface area contributed by atoms with Crippen molar-refractivity contribution < 1.29 is 9.18 Å². The fourth-order valence-corrected chi connectivity index (χ4v) is 6.06. The molecule has 4 fully saturated rings. The van der Waals surface area contributed by atoms with E-state index in [9.17, 15) is 9.18 Å². The van der Waals surface area contributed by atoms with Gasteiger partial charge in [0.1, 0.15) is 12.2 Å². The molecule has 5 heterocycles. The van der Waals surface area contributed by atoms with Gasteiger partial charge < -0.3 is 20.4 Å². The number of guanidine groups is 1. The Morgan fingerprint density at radius 3 is 2.89 bits per heavy atom. The number of likely N-dealkylation sites (tertiary alicyclic amines) is 2. The van der Waals surface area contributed by atoms with Crippen LogP contribution in [0, 0.1) is 5.92 Å². The van der Waals surface area contributed by atoms with E-state index in [1.807, 2.05) is 11.1 Å². The zero-order chi connectivity index (χ0) is 24.9. The maximum atomic E-state index is 14.7. The number of nitrogens with zero attached hydrogens (tertiary/aromatic N) is 6. The first-order valence-electron chi connectivity index (χ1n) is 14.0. The molecule has 2 saturated heterocycles. The highest BCUT2D eigenvalue weighted by atomic mass is 19.1. The number of anilines is 1. The number of rotatable bonds is 6. The van der Waals surface area contributed by atoms with Crippen LogP contribution >= 0.6 is 0 Å². The molecular formula is C26H36FN9O. The average molecular weight is 510 g/mol. The number of amides is 1. The summed E-state index contributed by atoms with van der Waals surface area (Å²) in [5, 5.41) is 20.7. The van der Waals surface area contributed by atoms with Crippen LogP contribution in [0.1, 0.15) is 63.0 Å². The summed E-state index contributed by atoms with van der Waals surface area (Å²) in [4.78, 5) is 22.5. The van der Waals surface area contributed by atoms with Gasteiger partial charge in [-0.1, -0.05) is 6.08 Å². The van der Waals surface area contributed by atoms with Crippen LogP contribution < -0.4 is 10.6 Å². The van der Waals surface area contributed by atoms with Crippen LogP contribution in [0.4, 0.5) is 10.2 Å². The highest BCUT2D eigenvalue weighted by Gasteiger charge is 2.42. The first-order valence-corrected chi connectivity index (χ1v) is 14.0. The minimum atomic E-state index is -1.09. The zero-order valence-corrected chi connectivity index (χ0v) is 21.2. The molecule has 0 spiro atoms. The predicted octanol–water partition coefficient (Wildman–Crippen LogP) is 2.37. The molecule has 0 bridgehead atoms. The van der Waals surface area contributed by atoms with Crippen molar-refractivity contribution in [2.75, 3.05) is 38.0 Å². The first-order chi connectivity index (χ1) is 18.1. The number of alkyl halides is 1. The van der Waals surface area contributed by atoms with Gasteiger partial charge in [-0.15, -0.1) is 5.10 Å². The number of hydrazone groups is 1. The number of aliphatic imine (C=N–C) groups is 1. The number of hydrogen-bond acceptors (Lipinski definition) is 8. The van der Waals surface area contributed by atoms with Crippen molar-refractivity contribution in [2.24, 2.45) is 16.0 Å². The number of H-pyrrole nitrogens is 1. The second-order valence-corrected chi connectivity index (χ2v) is 11.5. The molecule has 0 radical (unpaired) electrons. The molecule has 3 atom stereocenters. The number of halogens is 1. The predicted molar refractivity (Wildman–Crippen MR) is 139 cm³/mol. The van der Waals surface area contributed by atoms with E-state index >= 15 is 0 Å². The minimum absolute atomic E-state index is 0.114. The Balaban J connectivity index is 1.06. The van der Waals surface area contributed by atoms with Gasteiger partial charge in [0, 0.05) is 49.8 Å². The molecule has 0 aromatic carbocycles. The molecular weight excluding hydrogens is 473 g/mol. The first kappa shape index (κ1) is 23.2. The summed E-state index contributed by atoms with van der Waals surface area (Å²) in [5.41, 5.74) is 2.04. The Morgan fingerprint density at radius 2 is 2.05 bits per heavy atom. The van der Waals surface area contributed by atoms with Crippen LogP contribution in [-0.4, -0.2) is 93.7 Å². The Bertz CT molecular complexity index is 1140. The number of piperidine rings is 1. The maximum Gasteiger partial charge on any atom is 0.246 e. The summed E-state index contributed by atoms with van der Waals surface area (Å²) in [6.07, 6.45) is 9.14. The molecule has 11 heteroatoms. The molecule has 3 N–H and O–H groups in total. The fourth-order valence-electron chi connectivity index (χ4n) is 6.06. The van der Waals surface area contributed by atoms with Crippen molar-refractivity contribution in [3.05, 3.63) is 23.5 Å². The van der Waals surface area contributed by atoms with Crippen molar-refractivity contribution in [2.45, 2.75) is 75.5 Å². The van der Waals surface area contributed by atoms with Crippen molar-refractivity contribution in [3.8, 4) is 0 Å². The zero-order valence-electron chi connectivity index (χ0n) is 21.2. The Kier molecular flexibility index (Phi) is 5.90. The van der Waals surface area contributed by atoms with E-state index in [4.69, 9.17) is 10.1 Å². The third kappa shape index (κ3) is 4.97. The summed E-state index contributed by atoms with van der Waals surface area (Å²) in [6.45, 7) is 3.98. The number of hydrogen-bond donors (Lipinski definition) is 3. The summed E-state index contributed by atoms with van der Waals surface area (Å²) >= 11 is 0. The highest BCUT2D eigenvalue weighted by Crippen LogP contribution is 2.39. The van der Waals surface area contributed by atoms with E-state index in [1.54, 1.807) is 4.90 Å². The average Bonchev–Trinajstić information content (AvgIpc) is 3.75. The second kappa shape index (κ2) is 9.41. The quantitative estimate of drug-likeness (QED) is 0.544. The fraction of sp³-hybridized carbons (Fsp3) is 0.692. The normalized spacial score (nSPS) is 30.1. The minimum Gasteiger partial charge on any atom is -0.350 e. The van der Waals surface area contributed by atoms with Gasteiger partial charge in [-0.05, 0) is 57.4 Å². The lowest BCUT2D eigenvalue weighted by atomic mass is 10.0. The third-order valence-electron chi connectivity index (χ3n) is 8.36. The van der Waals surface area contributed by atoms with Gasteiger partial charge in [0.15, 0.2) is 11.7 Å². The van der Waals surface area contributed by atoms with Crippen LogP contribution in [-0.2, 0) is 4.79 Å². The van der Waals surface area contributed by atoms with E-state index in [0.717, 1.165) is 62.8 Å². The summed E-state index contributed by atoms with van der Waals surface area (Å²) in [6, 6.07) is 1.53. The van der Waals surface area contributed by atoms with Gasteiger partial charge in [0.2, 0.25) is 11.9 Å². The van der Waals surface area contributed by atoms with Crippen LogP contribution in [0.25, 0.3) is 0 Å². The Labute approximate surface area is 216 Å². The lowest BCUT2D eigenvalue weighted by Gasteiger charge is -2.35. The van der Waals surface area contributed by atoms with Gasteiger partial charge in [-0.25, -0.2) is 4.39 Å². The van der Waals surface area contributed by atoms with Gasteiger partial charge in [-0.3, -0.25) is 14.9 Å². The van der Waals surface area contributed by atoms with Crippen LogP contribution in [0.3, 0.4) is 0 Å². The number of carbonyl (C=O) groups excluding carboxylic acids is 1. The maximum absolute atomic E-state index is 14.7. The van der Waals surface area contributed by atoms with E-state index in [0.29, 0.717) is 23.5 Å². The van der Waals surface area contributed by atoms with Gasteiger partial charge in [0.05, 0.1) is 12.2 Å². The molecule has 198 valence electrons. The molecule has 10 nitrogen and oxygen atoms in total. The SMILES string of the molecule is O=C(N[C@@H]1CCCN(CC2CC2)C1)[C@@H]1C[C@@H](F)CN1C1=NN2CCC=C2C(Nc2cc(C3CC3)[nH]n2)=N1. The Morgan fingerprint density at radius 1 is 1.16 bits per heavy atom. The molecule has 2 saturated carbocycles. The largest absolute Gasteiger partial charge is 0.350 e. The smallest absolute Gasteiger partial charge is 0.246 e. The van der Waals surface area contributed by atoms with Crippen molar-refractivity contribution in [3.63, 3.8) is 0 Å². The van der Waals surface area contributed by atoms with Crippen LogP contribution in [0.2, 0.25) is 0 Å². The van der Waals surface area contributed by atoms with Crippen molar-refractivity contribution >= 4 is 23.5 Å². The number of fused-ring (bicyclic) bond motifs is 1. The van der Waals surface area contributed by atoms with Crippen LogP contribution in [0.15, 0.2) is 27.9 Å². The standard InChI is InChI=1S/C26H36FN9O/c27-18-11-22(25(37)28-19-3-1-9-34(15-19)13-16-5-6-16)35(14-18)26-30-24(21-4-2-10-36(21)33-26)29-23-12-20(31-32-23)17-7-8-17/h4,12,16-19,22H,1-3,5-11,13-15H2,(H,28,37)(H2,29,30,31,32,33)/t18-,19-,22+/m1/s1. The molecule has 1 amide bonds. The van der Waals surface area contributed by atoms with E-state index in [2.05, 4.69) is 31.8 Å². The van der Waals surface area contributed by atoms with E-state index in [-0.39, 0.29) is 24.9 Å². The Hall–Kier alpha value is -2.95. The van der Waals surface area contributed by atoms with Crippen molar-refractivity contribution in [1.82, 2.24) is 30.3 Å². The summed E-state index contributed by atoms with van der Waals surface area (Å²) in [5.74, 6) is 3.03. The summed E-state index contributed by atoms with van der Waals surface area (Å²) in [7, 11) is 0. The monoisotopic (exact) mass is 509 g/mol. The molecule has 1 aromatic rings. The third-order valence-corrected chi connectivity index (χ3v) is 8.36. The number of carbonyl (C=O) groups is 1. The number of aromatic amines is 1. The molecule has 7 rings (SSSR count). The highest BCUT2D eigenvalue weighted by molar-refractivity contribution is 6.14. The van der Waals surface area contributed by atoms with Gasteiger partial charge in [0.25, 0.3) is 0 Å². The second-order valence-electron chi connectivity index (χ2n) is 11.5. The molecule has 2 aliphatic carbocycles. The summed E-state index contributed by atoms with van der Waals surface area (Å²) < 4.78 is 14.7.